The minimum absolute atomic E-state index is 0.460. The van der Waals surface area contributed by atoms with Crippen LogP contribution in [0.15, 0.2) is 230 Å². The maximum absolute atomic E-state index is 2.50. The Hall–Kier alpha value is -7.22. The Labute approximate surface area is 345 Å². The second kappa shape index (κ2) is 13.2. The highest BCUT2D eigenvalue weighted by atomic mass is 15.1. The van der Waals surface area contributed by atoms with Crippen LogP contribution in [0.25, 0.3) is 27.1 Å². The van der Waals surface area contributed by atoms with E-state index in [-0.39, 0.29) is 0 Å². The molecule has 0 bridgehead atoms. The molecule has 0 fully saturated rings. The molecule has 3 aliphatic carbocycles. The van der Waals surface area contributed by atoms with E-state index in [0.717, 1.165) is 18.5 Å². The van der Waals surface area contributed by atoms with Crippen LogP contribution >= 0.6 is 0 Å². The molecule has 12 rings (SSSR count). The number of hydrogen-bond donors (Lipinski definition) is 0. The molecule has 9 aromatic carbocycles. The fourth-order valence-electron chi connectivity index (χ4n) is 11.2. The second-order valence-electron chi connectivity index (χ2n) is 16.2. The van der Waals surface area contributed by atoms with Gasteiger partial charge in [0.1, 0.15) is 0 Å². The summed E-state index contributed by atoms with van der Waals surface area (Å²) in [6.45, 7) is 0. The minimum Gasteiger partial charge on any atom is -0.309 e. The summed E-state index contributed by atoms with van der Waals surface area (Å²) in [5.41, 5.74) is 16.1. The molecule has 9 aromatic rings. The third kappa shape index (κ3) is 4.67. The first-order valence-corrected chi connectivity index (χ1v) is 20.9. The predicted molar refractivity (Wildman–Crippen MR) is 246 cm³/mol. The highest BCUT2D eigenvalue weighted by Crippen LogP contribution is 2.65. The van der Waals surface area contributed by atoms with E-state index in [1.165, 1.54) is 88.6 Å². The fraction of sp³-hybridized carbons (Fsp3) is 0.0690. The Morgan fingerprint density at radius 3 is 1.42 bits per heavy atom. The molecule has 59 heavy (non-hydrogen) atoms. The summed E-state index contributed by atoms with van der Waals surface area (Å²) < 4.78 is 0. The quantitative estimate of drug-likeness (QED) is 0.169. The Balaban J connectivity index is 1.17. The molecule has 0 heterocycles. The molecule has 0 radical (unpaired) electrons. The molecule has 278 valence electrons. The Morgan fingerprint density at radius 1 is 0.390 bits per heavy atom. The number of allylic oxidation sites excluding steroid dienone is 4. The molecule has 0 aliphatic heterocycles. The van der Waals surface area contributed by atoms with Crippen molar-refractivity contribution >= 4 is 44.2 Å². The third-order valence-corrected chi connectivity index (χ3v) is 13.5. The maximum atomic E-state index is 2.50. The summed E-state index contributed by atoms with van der Waals surface area (Å²) in [4.78, 5) is 2.50. The molecule has 1 spiro atoms. The zero-order chi connectivity index (χ0) is 39.0. The van der Waals surface area contributed by atoms with Gasteiger partial charge in [-0.15, -0.1) is 0 Å². The van der Waals surface area contributed by atoms with Crippen molar-refractivity contribution in [2.45, 2.75) is 23.7 Å². The minimum atomic E-state index is -0.506. The van der Waals surface area contributed by atoms with Crippen LogP contribution < -0.4 is 4.90 Å². The van der Waals surface area contributed by atoms with Gasteiger partial charge in [-0.25, -0.2) is 0 Å². The van der Waals surface area contributed by atoms with Crippen LogP contribution in [-0.2, 0) is 10.8 Å². The van der Waals surface area contributed by atoms with E-state index in [0.29, 0.717) is 0 Å². The Kier molecular flexibility index (Phi) is 7.56. The van der Waals surface area contributed by atoms with Gasteiger partial charge in [0.25, 0.3) is 0 Å². The second-order valence-corrected chi connectivity index (χ2v) is 16.2. The van der Waals surface area contributed by atoms with Crippen molar-refractivity contribution in [2.24, 2.45) is 0 Å². The summed E-state index contributed by atoms with van der Waals surface area (Å²) in [5, 5.41) is 4.91. The maximum Gasteiger partial charge on any atom is 0.0708 e. The van der Waals surface area contributed by atoms with Crippen molar-refractivity contribution in [3.63, 3.8) is 0 Å². The Bertz CT molecular complexity index is 2990. The average Bonchev–Trinajstić information content (AvgIpc) is 3.60. The molecule has 0 saturated heterocycles. The number of anilines is 3. The van der Waals surface area contributed by atoms with E-state index < -0.39 is 10.8 Å². The van der Waals surface area contributed by atoms with Gasteiger partial charge in [0, 0.05) is 16.5 Å². The number of hydrogen-bond acceptors (Lipinski definition) is 1. The lowest BCUT2D eigenvalue weighted by Gasteiger charge is -2.50. The van der Waals surface area contributed by atoms with E-state index in [1.54, 1.807) is 0 Å². The largest absolute Gasteiger partial charge is 0.309 e. The van der Waals surface area contributed by atoms with Gasteiger partial charge in [0.2, 0.25) is 0 Å². The van der Waals surface area contributed by atoms with Crippen LogP contribution in [0.4, 0.5) is 17.1 Å². The fourth-order valence-corrected chi connectivity index (χ4v) is 11.2. The van der Waals surface area contributed by atoms with Crippen molar-refractivity contribution in [2.75, 3.05) is 4.90 Å². The van der Waals surface area contributed by atoms with Crippen molar-refractivity contribution in [3.05, 3.63) is 275 Å². The summed E-state index contributed by atoms with van der Waals surface area (Å²) in [6, 6.07) is 79.5. The smallest absolute Gasteiger partial charge is 0.0708 e. The predicted octanol–water partition coefficient (Wildman–Crippen LogP) is 14.6. The van der Waals surface area contributed by atoms with Crippen LogP contribution in [0.5, 0.6) is 0 Å². The summed E-state index contributed by atoms with van der Waals surface area (Å²) in [6.07, 6.45) is 6.84. The molecular weight excluding hydrogens is 711 g/mol. The first-order chi connectivity index (χ1) is 29.3. The van der Waals surface area contributed by atoms with Crippen LogP contribution in [0, 0.1) is 0 Å². The van der Waals surface area contributed by atoms with Crippen LogP contribution in [0.2, 0.25) is 0 Å². The molecule has 0 unspecified atom stereocenters. The molecule has 0 amide bonds. The highest BCUT2D eigenvalue weighted by Gasteiger charge is 2.57. The number of fused-ring (bicyclic) bond motifs is 10. The van der Waals surface area contributed by atoms with Crippen molar-refractivity contribution in [1.82, 2.24) is 0 Å². The molecule has 1 nitrogen and oxygen atoms in total. The SMILES string of the molecule is C1=CC2=C(CC1)C1(c3ccc(N(c4cccc5ccccc45)c4cccc5ccccc45)cc32)c2ccccc2C(c2ccccc2)(c2ccccc2)c2ccccc21. The monoisotopic (exact) mass is 751 g/mol. The van der Waals surface area contributed by atoms with Crippen LogP contribution in [-0.4, -0.2) is 0 Å². The summed E-state index contributed by atoms with van der Waals surface area (Å²) in [5.74, 6) is 0. The van der Waals surface area contributed by atoms with Gasteiger partial charge in [-0.05, 0) is 104 Å². The lowest BCUT2D eigenvalue weighted by Crippen LogP contribution is -2.45. The summed E-state index contributed by atoms with van der Waals surface area (Å²) >= 11 is 0. The van der Waals surface area contributed by atoms with Crippen LogP contribution in [0.1, 0.15) is 57.3 Å². The van der Waals surface area contributed by atoms with E-state index in [4.69, 9.17) is 0 Å². The topological polar surface area (TPSA) is 3.24 Å². The molecule has 0 saturated carbocycles. The van der Waals surface area contributed by atoms with E-state index in [9.17, 15) is 0 Å². The van der Waals surface area contributed by atoms with Gasteiger partial charge >= 0.3 is 0 Å². The molecule has 0 N–H and O–H groups in total. The lowest BCUT2D eigenvalue weighted by molar-refractivity contribution is 0.599. The molecular formula is C58H41N. The van der Waals surface area contributed by atoms with Gasteiger partial charge in [0.05, 0.1) is 22.2 Å². The molecule has 1 heteroatoms. The molecule has 3 aliphatic rings. The molecule has 0 atom stereocenters. The van der Waals surface area contributed by atoms with E-state index >= 15 is 0 Å². The first-order valence-electron chi connectivity index (χ1n) is 20.9. The average molecular weight is 752 g/mol. The molecule has 0 aromatic heterocycles. The first kappa shape index (κ1) is 33.9. The Morgan fingerprint density at radius 2 is 0.864 bits per heavy atom. The zero-order valence-electron chi connectivity index (χ0n) is 32.7. The number of nitrogens with zero attached hydrogens (tertiary/aromatic N) is 1. The van der Waals surface area contributed by atoms with Crippen molar-refractivity contribution < 1.29 is 0 Å². The van der Waals surface area contributed by atoms with Gasteiger partial charge in [-0.2, -0.15) is 0 Å². The number of benzene rings is 9. The van der Waals surface area contributed by atoms with E-state index in [2.05, 4.69) is 229 Å². The normalized spacial score (nSPS) is 15.5. The highest BCUT2D eigenvalue weighted by molar-refractivity contribution is 6.05. The summed E-state index contributed by atoms with van der Waals surface area (Å²) in [7, 11) is 0. The number of rotatable bonds is 5. The van der Waals surface area contributed by atoms with Crippen LogP contribution in [0.3, 0.4) is 0 Å². The van der Waals surface area contributed by atoms with Gasteiger partial charge < -0.3 is 4.90 Å². The van der Waals surface area contributed by atoms with Gasteiger partial charge in [-0.1, -0.05) is 200 Å². The van der Waals surface area contributed by atoms with Gasteiger partial charge in [-0.3, -0.25) is 0 Å². The van der Waals surface area contributed by atoms with Crippen molar-refractivity contribution in [1.29, 1.82) is 0 Å². The van der Waals surface area contributed by atoms with Gasteiger partial charge in [0.15, 0.2) is 0 Å². The van der Waals surface area contributed by atoms with Crippen molar-refractivity contribution in [3.8, 4) is 0 Å². The lowest BCUT2D eigenvalue weighted by atomic mass is 9.51. The zero-order valence-corrected chi connectivity index (χ0v) is 32.7. The third-order valence-electron chi connectivity index (χ3n) is 13.5. The standard InChI is InChI=1S/C58H41N/c1-3-23-42(24-4-1)57(43-25-5-2-6-26-43)51-31-13-15-33-53(51)58(54-34-16-14-32-52(54)57)49-30-12-11-29-47(49)48-39-44(37-38-50(48)58)59(55-35-17-21-40-19-7-9-27-45(40)55)56-36-18-22-41-20-8-10-28-46(41)56/h1-11,13-29,31-39H,12,30H2. The van der Waals surface area contributed by atoms with E-state index in [1.807, 2.05) is 0 Å².